The van der Waals surface area contributed by atoms with Gasteiger partial charge in [0.1, 0.15) is 22.8 Å². The number of nitrogens with zero attached hydrogens (tertiary/aromatic N) is 5. The Morgan fingerprint density at radius 2 is 1.85 bits per heavy atom. The first-order valence-corrected chi connectivity index (χ1v) is 8.69. The Bertz CT molecular complexity index is 1110. The highest BCUT2D eigenvalue weighted by atomic mass is 19.1. The van der Waals surface area contributed by atoms with Gasteiger partial charge in [0, 0.05) is 43.6 Å². The van der Waals surface area contributed by atoms with E-state index < -0.39 is 5.82 Å². The lowest BCUT2D eigenvalue weighted by Crippen LogP contribution is -2.33. The molecule has 0 saturated heterocycles. The molecule has 0 saturated carbocycles. The number of rotatable bonds is 3. The quantitative estimate of drug-likeness (QED) is 0.556. The molecule has 0 bridgehead atoms. The Balaban J connectivity index is 1.38. The Kier molecular flexibility index (Phi) is 3.71. The second-order valence-electron chi connectivity index (χ2n) is 6.38. The van der Waals surface area contributed by atoms with E-state index in [9.17, 15) is 4.39 Å². The normalized spacial score (nSPS) is 13.6. The Morgan fingerprint density at radius 3 is 2.74 bits per heavy atom. The smallest absolute Gasteiger partial charge is 0.167 e. The maximum Gasteiger partial charge on any atom is 0.167 e. The van der Waals surface area contributed by atoms with E-state index >= 15 is 0 Å². The summed E-state index contributed by atoms with van der Waals surface area (Å²) < 4.78 is 22.0. The largest absolute Gasteiger partial charge is 0.457 e. The number of ether oxygens (including phenoxy) is 1. The monoisotopic (exact) mass is 361 g/mol. The number of anilines is 1. The molecule has 0 spiro atoms. The predicted molar refractivity (Wildman–Crippen MR) is 99.3 cm³/mol. The summed E-state index contributed by atoms with van der Waals surface area (Å²) in [4.78, 5) is 14.6. The first-order valence-electron chi connectivity index (χ1n) is 8.69. The molecule has 0 unspecified atom stereocenters. The van der Waals surface area contributed by atoms with Crippen LogP contribution in [0.3, 0.4) is 0 Å². The van der Waals surface area contributed by atoms with Crippen molar-refractivity contribution in [1.82, 2.24) is 19.5 Å². The summed E-state index contributed by atoms with van der Waals surface area (Å²) in [5, 5.41) is 0.546. The first-order chi connectivity index (χ1) is 13.3. The lowest BCUT2D eigenvalue weighted by Gasteiger charge is -2.29. The van der Waals surface area contributed by atoms with E-state index in [1.165, 1.54) is 6.20 Å². The molecule has 134 valence electrons. The van der Waals surface area contributed by atoms with Crippen molar-refractivity contribution in [3.8, 4) is 11.5 Å². The number of fused-ring (bicyclic) bond motifs is 2. The Morgan fingerprint density at radius 1 is 0.963 bits per heavy atom. The minimum absolute atomic E-state index is 0.253. The molecule has 27 heavy (non-hydrogen) atoms. The fourth-order valence-electron chi connectivity index (χ4n) is 3.34. The van der Waals surface area contributed by atoms with E-state index in [-0.39, 0.29) is 5.52 Å². The average Bonchev–Trinajstić information content (AvgIpc) is 3.17. The van der Waals surface area contributed by atoms with Gasteiger partial charge in [-0.2, -0.15) is 0 Å². The van der Waals surface area contributed by atoms with Crippen LogP contribution in [0.2, 0.25) is 0 Å². The number of hydrogen-bond donors (Lipinski definition) is 0. The van der Waals surface area contributed by atoms with E-state index in [1.807, 2.05) is 36.7 Å². The molecule has 4 aromatic rings. The Labute approximate surface area is 154 Å². The van der Waals surface area contributed by atoms with Crippen LogP contribution >= 0.6 is 0 Å². The van der Waals surface area contributed by atoms with Gasteiger partial charge < -0.3 is 14.2 Å². The van der Waals surface area contributed by atoms with Crippen LogP contribution in [-0.2, 0) is 13.1 Å². The summed E-state index contributed by atoms with van der Waals surface area (Å²) in [6.07, 6.45) is 8.10. The van der Waals surface area contributed by atoms with E-state index in [0.29, 0.717) is 16.9 Å². The summed E-state index contributed by atoms with van der Waals surface area (Å²) in [7, 11) is 0. The lowest BCUT2D eigenvalue weighted by atomic mass is 10.2. The lowest BCUT2D eigenvalue weighted by molar-refractivity contribution is 0.487. The molecule has 7 heteroatoms. The van der Waals surface area contributed by atoms with Crippen LogP contribution in [0.15, 0.2) is 61.3 Å². The number of halogens is 1. The maximum atomic E-state index is 13.9. The minimum atomic E-state index is -0.461. The van der Waals surface area contributed by atoms with E-state index in [4.69, 9.17) is 4.74 Å². The summed E-state index contributed by atoms with van der Waals surface area (Å²) in [6, 6.07) is 9.58. The van der Waals surface area contributed by atoms with Crippen LogP contribution in [0.1, 0.15) is 5.82 Å². The van der Waals surface area contributed by atoms with Gasteiger partial charge in [-0.1, -0.05) is 0 Å². The van der Waals surface area contributed by atoms with Crippen molar-refractivity contribution in [3.05, 3.63) is 73.0 Å². The van der Waals surface area contributed by atoms with Gasteiger partial charge in [0.2, 0.25) is 0 Å². The molecule has 5 rings (SSSR count). The number of aromatic nitrogens is 4. The molecule has 0 atom stereocenters. The van der Waals surface area contributed by atoms with Gasteiger partial charge in [-0.15, -0.1) is 0 Å². The van der Waals surface area contributed by atoms with Crippen molar-refractivity contribution < 1.29 is 9.13 Å². The van der Waals surface area contributed by atoms with Gasteiger partial charge in [-0.3, -0.25) is 9.97 Å². The number of imidazole rings is 1. The SMILES string of the molecule is Fc1cncc2c(Oc3ccc(N4CCn5ccnc5C4)cc3)ccnc12. The molecule has 0 amide bonds. The van der Waals surface area contributed by atoms with Crippen molar-refractivity contribution >= 4 is 16.6 Å². The molecule has 4 heterocycles. The fourth-order valence-corrected chi connectivity index (χ4v) is 3.34. The molecule has 0 N–H and O–H groups in total. The predicted octanol–water partition coefficient (Wildman–Crippen LogP) is 3.78. The summed E-state index contributed by atoms with van der Waals surface area (Å²) in [5.74, 6) is 1.81. The van der Waals surface area contributed by atoms with Crippen LogP contribution < -0.4 is 9.64 Å². The third-order valence-electron chi connectivity index (χ3n) is 4.74. The highest BCUT2D eigenvalue weighted by Crippen LogP contribution is 2.30. The van der Waals surface area contributed by atoms with Gasteiger partial charge >= 0.3 is 0 Å². The van der Waals surface area contributed by atoms with E-state index in [1.54, 1.807) is 12.3 Å². The van der Waals surface area contributed by atoms with Crippen LogP contribution in [0.25, 0.3) is 10.9 Å². The maximum absolute atomic E-state index is 13.9. The summed E-state index contributed by atoms with van der Waals surface area (Å²) in [6.45, 7) is 2.64. The molecule has 6 nitrogen and oxygen atoms in total. The topological polar surface area (TPSA) is 56.1 Å². The standard InChI is InChI=1S/C20H16FN5O/c21-17-12-22-11-16-18(5-6-24-20(16)17)27-15-3-1-14(2-4-15)26-10-9-25-8-7-23-19(25)13-26/h1-8,11-12H,9-10,13H2. The molecule has 0 radical (unpaired) electrons. The highest BCUT2D eigenvalue weighted by molar-refractivity contribution is 5.84. The average molecular weight is 361 g/mol. The van der Waals surface area contributed by atoms with Crippen LogP contribution in [0, 0.1) is 5.82 Å². The van der Waals surface area contributed by atoms with Crippen molar-refractivity contribution in [2.45, 2.75) is 13.1 Å². The molecule has 0 fully saturated rings. The summed E-state index contributed by atoms with van der Waals surface area (Å²) >= 11 is 0. The molecule has 1 aromatic carbocycles. The molecule has 3 aromatic heterocycles. The molecule has 1 aliphatic heterocycles. The zero-order valence-electron chi connectivity index (χ0n) is 14.4. The summed E-state index contributed by atoms with van der Waals surface area (Å²) in [5.41, 5.74) is 1.37. The van der Waals surface area contributed by atoms with Gasteiger partial charge in [0.05, 0.1) is 18.1 Å². The third-order valence-corrected chi connectivity index (χ3v) is 4.74. The van der Waals surface area contributed by atoms with Crippen molar-refractivity contribution in [3.63, 3.8) is 0 Å². The van der Waals surface area contributed by atoms with Crippen LogP contribution in [0.5, 0.6) is 11.5 Å². The van der Waals surface area contributed by atoms with E-state index in [0.717, 1.165) is 37.3 Å². The van der Waals surface area contributed by atoms with Crippen molar-refractivity contribution in [2.24, 2.45) is 0 Å². The molecule has 1 aliphatic rings. The van der Waals surface area contributed by atoms with Crippen molar-refractivity contribution in [2.75, 3.05) is 11.4 Å². The zero-order valence-corrected chi connectivity index (χ0v) is 14.4. The highest BCUT2D eigenvalue weighted by Gasteiger charge is 2.17. The van der Waals surface area contributed by atoms with Crippen LogP contribution in [0.4, 0.5) is 10.1 Å². The first kappa shape index (κ1) is 15.7. The van der Waals surface area contributed by atoms with Crippen molar-refractivity contribution in [1.29, 1.82) is 0 Å². The van der Waals surface area contributed by atoms with Crippen LogP contribution in [-0.4, -0.2) is 26.1 Å². The fraction of sp³-hybridized carbons (Fsp3) is 0.150. The number of pyridine rings is 2. The zero-order chi connectivity index (χ0) is 18.2. The number of benzene rings is 1. The third kappa shape index (κ3) is 2.87. The molecular formula is C20H16FN5O. The van der Waals surface area contributed by atoms with Gasteiger partial charge in [0.25, 0.3) is 0 Å². The molecular weight excluding hydrogens is 345 g/mol. The Hall–Kier alpha value is -3.48. The van der Waals surface area contributed by atoms with Gasteiger partial charge in [-0.05, 0) is 30.3 Å². The number of hydrogen-bond acceptors (Lipinski definition) is 5. The molecule has 0 aliphatic carbocycles. The second-order valence-corrected chi connectivity index (χ2v) is 6.38. The minimum Gasteiger partial charge on any atom is -0.457 e. The second kappa shape index (κ2) is 6.35. The van der Waals surface area contributed by atoms with Gasteiger partial charge in [-0.25, -0.2) is 9.37 Å². The van der Waals surface area contributed by atoms with Gasteiger partial charge in [0.15, 0.2) is 5.82 Å². The van der Waals surface area contributed by atoms with E-state index in [2.05, 4.69) is 24.4 Å².